The summed E-state index contributed by atoms with van der Waals surface area (Å²) >= 11 is 0. The average Bonchev–Trinajstić information content (AvgIpc) is 2.46. The molecule has 0 saturated carbocycles. The summed E-state index contributed by atoms with van der Waals surface area (Å²) in [6.45, 7) is 4.06. The van der Waals surface area contributed by atoms with E-state index < -0.39 is 10.0 Å². The Labute approximate surface area is 120 Å². The molecule has 6 heteroatoms. The summed E-state index contributed by atoms with van der Waals surface area (Å²) in [5.74, 6) is 0.345. The third kappa shape index (κ3) is 3.57. The molecule has 5 nitrogen and oxygen atoms in total. The van der Waals surface area contributed by atoms with Crippen LogP contribution in [0.2, 0.25) is 0 Å². The molecule has 2 N–H and O–H groups in total. The second-order valence-electron chi connectivity index (χ2n) is 5.15. The molecular formula is C14H19N3O2S. The number of aryl methyl sites for hydroxylation is 1. The van der Waals surface area contributed by atoms with E-state index in [4.69, 9.17) is 5.26 Å². The van der Waals surface area contributed by atoms with Gasteiger partial charge in [0.25, 0.3) is 0 Å². The van der Waals surface area contributed by atoms with Crippen LogP contribution in [0.15, 0.2) is 23.1 Å². The van der Waals surface area contributed by atoms with Crippen LogP contribution < -0.4 is 10.0 Å². The third-order valence-corrected chi connectivity index (χ3v) is 5.01. The zero-order chi connectivity index (χ0) is 14.6. The lowest BCUT2D eigenvalue weighted by molar-refractivity contribution is 0.376. The lowest BCUT2D eigenvalue weighted by Gasteiger charge is -2.22. The van der Waals surface area contributed by atoms with Crippen molar-refractivity contribution in [1.29, 1.82) is 5.26 Å². The summed E-state index contributed by atoms with van der Waals surface area (Å²) in [5.41, 5.74) is 1.18. The lowest BCUT2D eigenvalue weighted by atomic mass is 10.0. The van der Waals surface area contributed by atoms with Crippen LogP contribution in [0.25, 0.3) is 0 Å². The van der Waals surface area contributed by atoms with Crippen LogP contribution in [-0.4, -0.2) is 28.1 Å². The summed E-state index contributed by atoms with van der Waals surface area (Å²) in [7, 11) is -3.49. The topological polar surface area (TPSA) is 82.0 Å². The summed E-state index contributed by atoms with van der Waals surface area (Å²) in [6.07, 6.45) is 2.13. The third-order valence-electron chi connectivity index (χ3n) is 3.59. The predicted molar refractivity (Wildman–Crippen MR) is 76.7 cm³/mol. The highest BCUT2D eigenvalue weighted by atomic mass is 32.2. The van der Waals surface area contributed by atoms with Gasteiger partial charge >= 0.3 is 0 Å². The minimum absolute atomic E-state index is 0.220. The number of benzene rings is 1. The van der Waals surface area contributed by atoms with Gasteiger partial charge in [-0.05, 0) is 62.5 Å². The van der Waals surface area contributed by atoms with E-state index in [0.717, 1.165) is 25.9 Å². The fourth-order valence-corrected chi connectivity index (χ4v) is 3.54. The standard InChI is InChI=1S/C14H19N3O2S/c1-11-7-14(5-4-13(11)8-15)20(18,19)17-10-12-3-2-6-16-9-12/h4-5,7,12,16-17H,2-3,6,9-10H2,1H3. The Hall–Kier alpha value is -1.42. The smallest absolute Gasteiger partial charge is 0.240 e. The van der Waals surface area contributed by atoms with Gasteiger partial charge in [-0.2, -0.15) is 5.26 Å². The molecule has 1 heterocycles. The van der Waals surface area contributed by atoms with Crippen LogP contribution in [0.5, 0.6) is 0 Å². The van der Waals surface area contributed by atoms with Crippen molar-refractivity contribution in [3.8, 4) is 6.07 Å². The van der Waals surface area contributed by atoms with Crippen molar-refractivity contribution in [2.75, 3.05) is 19.6 Å². The van der Waals surface area contributed by atoms with Gasteiger partial charge in [0.05, 0.1) is 16.5 Å². The van der Waals surface area contributed by atoms with Crippen LogP contribution in [0.3, 0.4) is 0 Å². The minimum Gasteiger partial charge on any atom is -0.316 e. The first-order chi connectivity index (χ1) is 9.53. The van der Waals surface area contributed by atoms with Gasteiger partial charge in [-0.15, -0.1) is 0 Å². The minimum atomic E-state index is -3.49. The molecule has 20 heavy (non-hydrogen) atoms. The van der Waals surface area contributed by atoms with E-state index in [1.54, 1.807) is 19.1 Å². The van der Waals surface area contributed by atoms with Crippen molar-refractivity contribution < 1.29 is 8.42 Å². The van der Waals surface area contributed by atoms with Crippen LogP contribution in [0.4, 0.5) is 0 Å². The quantitative estimate of drug-likeness (QED) is 0.872. The van der Waals surface area contributed by atoms with Crippen LogP contribution in [-0.2, 0) is 10.0 Å². The monoisotopic (exact) mass is 293 g/mol. The first-order valence-electron chi connectivity index (χ1n) is 6.74. The normalized spacial score (nSPS) is 19.5. The molecule has 0 spiro atoms. The highest BCUT2D eigenvalue weighted by molar-refractivity contribution is 7.89. The van der Waals surface area contributed by atoms with E-state index in [1.165, 1.54) is 6.07 Å². The van der Waals surface area contributed by atoms with Crippen molar-refractivity contribution >= 4 is 10.0 Å². The summed E-state index contributed by atoms with van der Waals surface area (Å²) < 4.78 is 27.1. The molecule has 0 aliphatic carbocycles. The summed E-state index contributed by atoms with van der Waals surface area (Å²) in [6, 6.07) is 6.60. The van der Waals surface area contributed by atoms with Crippen molar-refractivity contribution in [3.05, 3.63) is 29.3 Å². The van der Waals surface area contributed by atoms with Crippen LogP contribution in [0.1, 0.15) is 24.0 Å². The number of nitrogens with zero attached hydrogens (tertiary/aromatic N) is 1. The van der Waals surface area contributed by atoms with Crippen molar-refractivity contribution in [3.63, 3.8) is 0 Å². The van der Waals surface area contributed by atoms with E-state index in [2.05, 4.69) is 10.0 Å². The van der Waals surface area contributed by atoms with Gasteiger partial charge in [-0.25, -0.2) is 13.1 Å². The Bertz CT molecular complexity index is 614. The van der Waals surface area contributed by atoms with Crippen molar-refractivity contribution in [2.45, 2.75) is 24.7 Å². The molecule has 1 atom stereocenters. The van der Waals surface area contributed by atoms with Gasteiger partial charge in [0.1, 0.15) is 0 Å². The Morgan fingerprint density at radius 1 is 1.50 bits per heavy atom. The molecule has 0 bridgehead atoms. The Kier molecular flexibility index (Phi) is 4.76. The number of sulfonamides is 1. The van der Waals surface area contributed by atoms with E-state index in [9.17, 15) is 8.42 Å². The molecular weight excluding hydrogens is 274 g/mol. The summed E-state index contributed by atoms with van der Waals surface area (Å²) in [5, 5.41) is 12.1. The number of rotatable bonds is 4. The maximum absolute atomic E-state index is 12.2. The van der Waals surface area contributed by atoms with Gasteiger partial charge in [0.2, 0.25) is 10.0 Å². The van der Waals surface area contributed by atoms with E-state index >= 15 is 0 Å². The van der Waals surface area contributed by atoms with Gasteiger partial charge in [0.15, 0.2) is 0 Å². The molecule has 108 valence electrons. The second-order valence-corrected chi connectivity index (χ2v) is 6.92. The number of piperidine rings is 1. The Balaban J connectivity index is 2.06. The van der Waals surface area contributed by atoms with Crippen LogP contribution in [0, 0.1) is 24.2 Å². The average molecular weight is 293 g/mol. The molecule has 1 fully saturated rings. The molecule has 1 aromatic carbocycles. The van der Waals surface area contributed by atoms with E-state index in [-0.39, 0.29) is 4.90 Å². The Morgan fingerprint density at radius 3 is 2.90 bits per heavy atom. The lowest BCUT2D eigenvalue weighted by Crippen LogP contribution is -2.38. The molecule has 0 radical (unpaired) electrons. The van der Waals surface area contributed by atoms with Gasteiger partial charge in [0, 0.05) is 6.54 Å². The highest BCUT2D eigenvalue weighted by Gasteiger charge is 2.19. The molecule has 0 amide bonds. The molecule has 1 aliphatic heterocycles. The SMILES string of the molecule is Cc1cc(S(=O)(=O)NCC2CCCNC2)ccc1C#N. The maximum Gasteiger partial charge on any atom is 0.240 e. The van der Waals surface area contributed by atoms with Gasteiger partial charge in [-0.3, -0.25) is 0 Å². The van der Waals surface area contributed by atoms with Gasteiger partial charge in [-0.1, -0.05) is 0 Å². The Morgan fingerprint density at radius 2 is 2.30 bits per heavy atom. The zero-order valence-corrected chi connectivity index (χ0v) is 12.3. The molecule has 2 rings (SSSR count). The van der Waals surface area contributed by atoms with E-state index in [1.807, 2.05) is 6.07 Å². The first kappa shape index (κ1) is 15.0. The molecule has 1 aliphatic rings. The molecule has 1 aromatic rings. The van der Waals surface area contributed by atoms with Gasteiger partial charge < -0.3 is 5.32 Å². The molecule has 1 saturated heterocycles. The highest BCUT2D eigenvalue weighted by Crippen LogP contribution is 2.16. The van der Waals surface area contributed by atoms with Crippen LogP contribution >= 0.6 is 0 Å². The fourth-order valence-electron chi connectivity index (χ4n) is 2.34. The molecule has 1 unspecified atom stereocenters. The zero-order valence-electron chi connectivity index (χ0n) is 11.5. The number of nitrogens with one attached hydrogen (secondary N) is 2. The fraction of sp³-hybridized carbons (Fsp3) is 0.500. The second kappa shape index (κ2) is 6.35. The largest absolute Gasteiger partial charge is 0.316 e. The predicted octanol–water partition coefficient (Wildman–Crippen LogP) is 1.14. The first-order valence-corrected chi connectivity index (χ1v) is 8.22. The van der Waals surface area contributed by atoms with Crippen molar-refractivity contribution in [1.82, 2.24) is 10.0 Å². The van der Waals surface area contributed by atoms with E-state index in [0.29, 0.717) is 23.6 Å². The number of hydrogen-bond donors (Lipinski definition) is 2. The number of hydrogen-bond acceptors (Lipinski definition) is 4. The molecule has 0 aromatic heterocycles. The number of nitriles is 1. The van der Waals surface area contributed by atoms with Crippen molar-refractivity contribution in [2.24, 2.45) is 5.92 Å². The summed E-state index contributed by atoms with van der Waals surface area (Å²) in [4.78, 5) is 0.220. The maximum atomic E-state index is 12.2.